The van der Waals surface area contributed by atoms with Crippen LogP contribution < -0.4 is 4.74 Å². The van der Waals surface area contributed by atoms with E-state index in [1.165, 1.54) is 0 Å². The molecule has 76 valence electrons. The molecule has 14 heavy (non-hydrogen) atoms. The number of rotatable bonds is 4. The van der Waals surface area contributed by atoms with Crippen LogP contribution in [0.4, 0.5) is 0 Å². The molecule has 0 aliphatic rings. The summed E-state index contributed by atoms with van der Waals surface area (Å²) in [6, 6.07) is 3.78. The Bertz CT molecular complexity index is 329. The summed E-state index contributed by atoms with van der Waals surface area (Å²) in [7, 11) is 1.60. The van der Waals surface area contributed by atoms with Gasteiger partial charge in [0.25, 0.3) is 0 Å². The molecule has 0 heterocycles. The number of hydrogen-bond acceptors (Lipinski definition) is 2. The molecule has 0 amide bonds. The molecule has 0 atom stereocenters. The number of benzene rings is 1. The fraction of sp³-hybridized carbons (Fsp3) is 0.333. The number of aromatic hydroxyl groups is 1. The molecule has 1 rings (SSSR count). The van der Waals surface area contributed by atoms with Gasteiger partial charge in [-0.15, -0.1) is 6.58 Å². The summed E-state index contributed by atoms with van der Waals surface area (Å²) < 4.78 is 5.17. The molecule has 0 unspecified atom stereocenters. The normalized spacial score (nSPS) is 9.86. The van der Waals surface area contributed by atoms with E-state index in [4.69, 9.17) is 4.74 Å². The van der Waals surface area contributed by atoms with Gasteiger partial charge in [-0.05, 0) is 24.5 Å². The van der Waals surface area contributed by atoms with Crippen LogP contribution in [0.3, 0.4) is 0 Å². The largest absolute Gasteiger partial charge is 0.507 e. The second-order valence-electron chi connectivity index (χ2n) is 3.10. The molecule has 1 N–H and O–H groups in total. The Morgan fingerprint density at radius 3 is 2.71 bits per heavy atom. The molecule has 2 nitrogen and oxygen atoms in total. The van der Waals surface area contributed by atoms with Gasteiger partial charge in [0.05, 0.1) is 7.11 Å². The van der Waals surface area contributed by atoms with Crippen LogP contribution in [0.5, 0.6) is 11.5 Å². The molecular formula is C12H16O2. The highest BCUT2D eigenvalue weighted by Gasteiger charge is 2.10. The lowest BCUT2D eigenvalue weighted by Gasteiger charge is -2.11. The maximum atomic E-state index is 9.90. The second kappa shape index (κ2) is 4.70. The first kappa shape index (κ1) is 10.6. The van der Waals surface area contributed by atoms with Crippen molar-refractivity contribution in [2.75, 3.05) is 7.11 Å². The minimum absolute atomic E-state index is 0.340. The Morgan fingerprint density at radius 2 is 2.21 bits per heavy atom. The Kier molecular flexibility index (Phi) is 3.57. The molecule has 0 aliphatic carbocycles. The lowest BCUT2D eigenvalue weighted by molar-refractivity contribution is 0.400. The lowest BCUT2D eigenvalue weighted by Crippen LogP contribution is -1.94. The summed E-state index contributed by atoms with van der Waals surface area (Å²) in [6.45, 7) is 5.67. The first-order chi connectivity index (χ1) is 6.74. The van der Waals surface area contributed by atoms with Crippen molar-refractivity contribution in [1.29, 1.82) is 0 Å². The van der Waals surface area contributed by atoms with Crippen LogP contribution in [0.25, 0.3) is 0 Å². The van der Waals surface area contributed by atoms with E-state index in [-0.39, 0.29) is 0 Å². The Morgan fingerprint density at radius 1 is 1.50 bits per heavy atom. The first-order valence-corrected chi connectivity index (χ1v) is 4.73. The number of phenols is 1. The van der Waals surface area contributed by atoms with Crippen molar-refractivity contribution in [1.82, 2.24) is 0 Å². The summed E-state index contributed by atoms with van der Waals surface area (Å²) in [5.41, 5.74) is 1.77. The third-order valence-corrected chi connectivity index (χ3v) is 2.27. The highest BCUT2D eigenvalue weighted by molar-refractivity contribution is 5.50. The highest BCUT2D eigenvalue weighted by atomic mass is 16.5. The Balaban J connectivity index is 3.23. The zero-order valence-corrected chi connectivity index (χ0v) is 8.71. The first-order valence-electron chi connectivity index (χ1n) is 4.73. The molecular weight excluding hydrogens is 176 g/mol. The predicted octanol–water partition coefficient (Wildman–Crippen LogP) is 2.69. The maximum Gasteiger partial charge on any atom is 0.126 e. The highest BCUT2D eigenvalue weighted by Crippen LogP contribution is 2.32. The monoisotopic (exact) mass is 192 g/mol. The average molecular weight is 192 g/mol. The fourth-order valence-corrected chi connectivity index (χ4v) is 1.48. The summed E-state index contributed by atoms with van der Waals surface area (Å²) in [5.74, 6) is 1.06. The molecule has 0 saturated carbocycles. The minimum atomic E-state index is 0.340. The van der Waals surface area contributed by atoms with Gasteiger partial charge < -0.3 is 9.84 Å². The van der Waals surface area contributed by atoms with Crippen LogP contribution in [-0.4, -0.2) is 12.2 Å². The Hall–Kier alpha value is -1.44. The van der Waals surface area contributed by atoms with Crippen LogP contribution in [0, 0.1) is 0 Å². The van der Waals surface area contributed by atoms with Gasteiger partial charge in [-0.25, -0.2) is 0 Å². The summed E-state index contributed by atoms with van der Waals surface area (Å²) in [5, 5.41) is 9.90. The van der Waals surface area contributed by atoms with Crippen LogP contribution >= 0.6 is 0 Å². The van der Waals surface area contributed by atoms with E-state index in [1.807, 2.05) is 19.1 Å². The van der Waals surface area contributed by atoms with E-state index < -0.39 is 0 Å². The van der Waals surface area contributed by atoms with E-state index in [0.29, 0.717) is 12.2 Å². The van der Waals surface area contributed by atoms with Gasteiger partial charge in [-0.3, -0.25) is 0 Å². The van der Waals surface area contributed by atoms with Crippen molar-refractivity contribution >= 4 is 0 Å². The van der Waals surface area contributed by atoms with E-state index >= 15 is 0 Å². The smallest absolute Gasteiger partial charge is 0.126 e. The molecule has 0 fully saturated rings. The van der Waals surface area contributed by atoms with Gasteiger partial charge in [-0.2, -0.15) is 0 Å². The molecule has 2 heteroatoms. The van der Waals surface area contributed by atoms with Gasteiger partial charge >= 0.3 is 0 Å². The third-order valence-electron chi connectivity index (χ3n) is 2.27. The zero-order chi connectivity index (χ0) is 10.6. The average Bonchev–Trinajstić information content (AvgIpc) is 2.21. The molecule has 0 bridgehead atoms. The van der Waals surface area contributed by atoms with Crippen molar-refractivity contribution in [3.8, 4) is 11.5 Å². The predicted molar refractivity (Wildman–Crippen MR) is 57.9 cm³/mol. The van der Waals surface area contributed by atoms with Gasteiger partial charge in [0.2, 0.25) is 0 Å². The van der Waals surface area contributed by atoms with Gasteiger partial charge in [0.1, 0.15) is 11.5 Å². The number of hydrogen-bond donors (Lipinski definition) is 1. The van der Waals surface area contributed by atoms with E-state index in [0.717, 1.165) is 23.3 Å². The van der Waals surface area contributed by atoms with E-state index in [9.17, 15) is 5.11 Å². The Labute approximate surface area is 84.8 Å². The molecule has 0 aliphatic heterocycles. The molecule has 0 aromatic heterocycles. The molecule has 0 saturated heterocycles. The van der Waals surface area contributed by atoms with Gasteiger partial charge in [0, 0.05) is 5.56 Å². The maximum absolute atomic E-state index is 9.90. The second-order valence-corrected chi connectivity index (χ2v) is 3.10. The topological polar surface area (TPSA) is 29.5 Å². The van der Waals surface area contributed by atoms with Crippen molar-refractivity contribution < 1.29 is 9.84 Å². The third kappa shape index (κ3) is 1.90. The van der Waals surface area contributed by atoms with Crippen LogP contribution in [-0.2, 0) is 12.8 Å². The quantitative estimate of drug-likeness (QED) is 0.743. The van der Waals surface area contributed by atoms with Crippen LogP contribution in [0.15, 0.2) is 24.8 Å². The summed E-state index contributed by atoms with van der Waals surface area (Å²) >= 11 is 0. The van der Waals surface area contributed by atoms with Crippen LogP contribution in [0.1, 0.15) is 18.1 Å². The molecule has 0 spiro atoms. The van der Waals surface area contributed by atoms with E-state index in [2.05, 4.69) is 6.58 Å². The fourth-order valence-electron chi connectivity index (χ4n) is 1.48. The number of aryl methyl sites for hydroxylation is 1. The van der Waals surface area contributed by atoms with Crippen molar-refractivity contribution in [2.45, 2.75) is 19.8 Å². The standard InChI is InChI=1S/C12H16O2/c1-4-6-10-11(14-3)8-7-9(5-2)12(10)13/h4,7-8,13H,1,5-6H2,2-3H3. The number of allylic oxidation sites excluding steroid dienone is 1. The molecule has 1 aromatic carbocycles. The minimum Gasteiger partial charge on any atom is -0.507 e. The zero-order valence-electron chi connectivity index (χ0n) is 8.71. The van der Waals surface area contributed by atoms with Crippen molar-refractivity contribution in [3.63, 3.8) is 0 Å². The van der Waals surface area contributed by atoms with Gasteiger partial charge in [0.15, 0.2) is 0 Å². The van der Waals surface area contributed by atoms with Crippen LogP contribution in [0.2, 0.25) is 0 Å². The summed E-state index contributed by atoms with van der Waals surface area (Å²) in [6.07, 6.45) is 3.21. The number of phenolic OH excluding ortho intramolecular Hbond substituents is 1. The summed E-state index contributed by atoms with van der Waals surface area (Å²) in [4.78, 5) is 0. The van der Waals surface area contributed by atoms with E-state index in [1.54, 1.807) is 13.2 Å². The van der Waals surface area contributed by atoms with Crippen molar-refractivity contribution in [2.24, 2.45) is 0 Å². The lowest BCUT2D eigenvalue weighted by atomic mass is 10.0. The molecule has 0 radical (unpaired) electrons. The van der Waals surface area contributed by atoms with Gasteiger partial charge in [-0.1, -0.05) is 19.1 Å². The number of ether oxygens (including phenoxy) is 1. The SMILES string of the molecule is C=CCc1c(OC)ccc(CC)c1O. The number of methoxy groups -OCH3 is 1. The molecule has 1 aromatic rings. The van der Waals surface area contributed by atoms with Crippen molar-refractivity contribution in [3.05, 3.63) is 35.9 Å².